The highest BCUT2D eigenvalue weighted by molar-refractivity contribution is 5.95. The van der Waals surface area contributed by atoms with E-state index in [0.717, 1.165) is 24.4 Å². The van der Waals surface area contributed by atoms with Crippen LogP contribution in [0.25, 0.3) is 0 Å². The zero-order valence-electron chi connectivity index (χ0n) is 15.6. The van der Waals surface area contributed by atoms with Gasteiger partial charge in [-0.15, -0.1) is 0 Å². The quantitative estimate of drug-likeness (QED) is 0.727. The van der Waals surface area contributed by atoms with Crippen LogP contribution in [0.15, 0.2) is 35.5 Å². The molecule has 0 spiro atoms. The van der Waals surface area contributed by atoms with Crippen molar-refractivity contribution in [1.82, 2.24) is 15.5 Å². The molecule has 27 heavy (non-hydrogen) atoms. The Morgan fingerprint density at radius 1 is 1.26 bits per heavy atom. The molecule has 2 aliphatic heterocycles. The zero-order chi connectivity index (χ0) is 19.2. The van der Waals surface area contributed by atoms with Crippen molar-refractivity contribution < 1.29 is 23.8 Å². The molecule has 0 aromatic heterocycles. The summed E-state index contributed by atoms with van der Waals surface area (Å²) >= 11 is 0. The number of nitrogens with zero attached hydrogens (tertiary/aromatic N) is 1. The number of rotatable bonds is 6. The van der Waals surface area contributed by atoms with Crippen LogP contribution in [0.5, 0.6) is 5.75 Å². The number of hydrogen-bond acceptors (Lipinski definition) is 6. The number of urea groups is 1. The lowest BCUT2D eigenvalue weighted by atomic mass is 9.95. The third kappa shape index (κ3) is 4.58. The molecule has 3 rings (SSSR count). The number of ether oxygens (including phenoxy) is 3. The van der Waals surface area contributed by atoms with Crippen LogP contribution in [0.3, 0.4) is 0 Å². The molecule has 0 radical (unpaired) electrons. The largest absolute Gasteiger partial charge is 0.494 e. The van der Waals surface area contributed by atoms with Gasteiger partial charge in [0.2, 0.25) is 0 Å². The predicted molar refractivity (Wildman–Crippen MR) is 98.3 cm³/mol. The molecule has 1 saturated heterocycles. The lowest BCUT2D eigenvalue weighted by Gasteiger charge is -2.33. The van der Waals surface area contributed by atoms with Crippen molar-refractivity contribution in [2.24, 2.45) is 0 Å². The summed E-state index contributed by atoms with van der Waals surface area (Å²) in [5, 5.41) is 5.61. The summed E-state index contributed by atoms with van der Waals surface area (Å²) in [6.45, 7) is 5.70. The average molecular weight is 375 g/mol. The van der Waals surface area contributed by atoms with Crippen molar-refractivity contribution in [3.8, 4) is 5.75 Å². The summed E-state index contributed by atoms with van der Waals surface area (Å²) in [6, 6.07) is 6.41. The van der Waals surface area contributed by atoms with Gasteiger partial charge in [-0.25, -0.2) is 9.59 Å². The van der Waals surface area contributed by atoms with Gasteiger partial charge in [0.05, 0.1) is 38.5 Å². The number of amides is 2. The minimum atomic E-state index is -0.585. The molecule has 1 unspecified atom stereocenters. The van der Waals surface area contributed by atoms with Gasteiger partial charge in [-0.3, -0.25) is 4.90 Å². The molecule has 1 aromatic carbocycles. The molecule has 2 amide bonds. The molecule has 1 aromatic rings. The Hall–Kier alpha value is -2.58. The molecule has 2 N–H and O–H groups in total. The third-order valence-electron chi connectivity index (χ3n) is 4.57. The second-order valence-corrected chi connectivity index (χ2v) is 6.31. The first-order chi connectivity index (χ1) is 13.1. The number of methoxy groups -OCH3 is 1. The summed E-state index contributed by atoms with van der Waals surface area (Å²) in [5.41, 5.74) is 1.76. The Morgan fingerprint density at radius 2 is 1.96 bits per heavy atom. The molecule has 2 heterocycles. The van der Waals surface area contributed by atoms with Crippen LogP contribution in [-0.2, 0) is 14.3 Å². The van der Waals surface area contributed by atoms with Gasteiger partial charge in [-0.05, 0) is 24.6 Å². The normalized spacial score (nSPS) is 20.7. The molecule has 8 heteroatoms. The predicted octanol–water partition coefficient (Wildman–Crippen LogP) is 1.20. The molecular weight excluding hydrogens is 350 g/mol. The van der Waals surface area contributed by atoms with Crippen molar-refractivity contribution in [1.29, 1.82) is 0 Å². The van der Waals surface area contributed by atoms with Gasteiger partial charge in [0, 0.05) is 25.3 Å². The van der Waals surface area contributed by atoms with Crippen molar-refractivity contribution >= 4 is 12.0 Å². The Morgan fingerprint density at radius 3 is 2.59 bits per heavy atom. The smallest absolute Gasteiger partial charge is 0.338 e. The van der Waals surface area contributed by atoms with Crippen LogP contribution in [-0.4, -0.2) is 63.5 Å². The number of carbonyl (C=O) groups is 2. The molecule has 2 aliphatic rings. The van der Waals surface area contributed by atoms with E-state index in [2.05, 4.69) is 15.5 Å². The molecule has 146 valence electrons. The van der Waals surface area contributed by atoms with Gasteiger partial charge < -0.3 is 24.8 Å². The van der Waals surface area contributed by atoms with Crippen LogP contribution in [0.2, 0.25) is 0 Å². The van der Waals surface area contributed by atoms with Crippen LogP contribution in [0.1, 0.15) is 18.5 Å². The van der Waals surface area contributed by atoms with Crippen LogP contribution < -0.4 is 15.4 Å². The van der Waals surface area contributed by atoms with Crippen LogP contribution >= 0.6 is 0 Å². The van der Waals surface area contributed by atoms with E-state index < -0.39 is 12.0 Å². The van der Waals surface area contributed by atoms with Crippen molar-refractivity contribution in [3.05, 3.63) is 41.1 Å². The Labute approximate surface area is 158 Å². The molecule has 8 nitrogen and oxygen atoms in total. The summed E-state index contributed by atoms with van der Waals surface area (Å²) in [4.78, 5) is 26.9. The fourth-order valence-electron chi connectivity index (χ4n) is 3.25. The van der Waals surface area contributed by atoms with E-state index in [1.165, 1.54) is 7.11 Å². The standard InChI is InChI=1S/C19H25N3O5/c1-3-27-14-6-4-13(5-7-14)17-16(18(23)25-2)15(20-19(24)21-17)12-22-8-10-26-11-9-22/h4-7,17H,3,8-12H2,1-2H3,(H2,20,21,24). The molecule has 0 aliphatic carbocycles. The topological polar surface area (TPSA) is 89.1 Å². The highest BCUT2D eigenvalue weighted by Gasteiger charge is 2.34. The highest BCUT2D eigenvalue weighted by Crippen LogP contribution is 2.29. The zero-order valence-corrected chi connectivity index (χ0v) is 15.6. The molecular formula is C19H25N3O5. The van der Waals surface area contributed by atoms with E-state index in [1.807, 2.05) is 31.2 Å². The number of benzene rings is 1. The fourth-order valence-corrected chi connectivity index (χ4v) is 3.25. The van der Waals surface area contributed by atoms with Gasteiger partial charge in [0.25, 0.3) is 0 Å². The lowest BCUT2D eigenvalue weighted by Crippen LogP contribution is -2.49. The molecule has 1 fully saturated rings. The van der Waals surface area contributed by atoms with E-state index in [-0.39, 0.29) is 6.03 Å². The maximum absolute atomic E-state index is 12.5. The minimum Gasteiger partial charge on any atom is -0.494 e. The summed E-state index contributed by atoms with van der Waals surface area (Å²) < 4.78 is 15.8. The Kier molecular flexibility index (Phi) is 6.31. The SMILES string of the molecule is CCOc1ccc(C2NC(=O)NC(CN3CCOCC3)=C2C(=O)OC)cc1. The number of hydrogen-bond donors (Lipinski definition) is 2. The highest BCUT2D eigenvalue weighted by atomic mass is 16.5. The minimum absolute atomic E-state index is 0.343. The fraction of sp³-hybridized carbons (Fsp3) is 0.474. The third-order valence-corrected chi connectivity index (χ3v) is 4.57. The number of esters is 1. The van der Waals surface area contributed by atoms with Gasteiger partial charge in [0.1, 0.15) is 5.75 Å². The van der Waals surface area contributed by atoms with Crippen LogP contribution in [0, 0.1) is 0 Å². The Bertz CT molecular complexity index is 711. The number of morpholine rings is 1. The van der Waals surface area contributed by atoms with E-state index in [9.17, 15) is 9.59 Å². The van der Waals surface area contributed by atoms with E-state index in [1.54, 1.807) is 0 Å². The van der Waals surface area contributed by atoms with E-state index in [0.29, 0.717) is 37.6 Å². The first-order valence-electron chi connectivity index (χ1n) is 9.04. The van der Waals surface area contributed by atoms with E-state index in [4.69, 9.17) is 14.2 Å². The van der Waals surface area contributed by atoms with Crippen molar-refractivity contribution in [2.45, 2.75) is 13.0 Å². The molecule has 0 bridgehead atoms. The van der Waals surface area contributed by atoms with Gasteiger partial charge >= 0.3 is 12.0 Å². The summed E-state index contributed by atoms with van der Waals surface area (Å²) in [7, 11) is 1.34. The second-order valence-electron chi connectivity index (χ2n) is 6.31. The Balaban J connectivity index is 1.92. The number of carbonyl (C=O) groups excluding carboxylic acids is 2. The average Bonchev–Trinajstić information content (AvgIpc) is 2.69. The lowest BCUT2D eigenvalue weighted by molar-refractivity contribution is -0.136. The maximum Gasteiger partial charge on any atom is 0.338 e. The first kappa shape index (κ1) is 19.2. The number of nitrogens with one attached hydrogen (secondary N) is 2. The van der Waals surface area contributed by atoms with Crippen molar-refractivity contribution in [3.63, 3.8) is 0 Å². The monoisotopic (exact) mass is 375 g/mol. The van der Waals surface area contributed by atoms with Gasteiger partial charge in [-0.2, -0.15) is 0 Å². The van der Waals surface area contributed by atoms with Gasteiger partial charge in [0.15, 0.2) is 0 Å². The summed E-state index contributed by atoms with van der Waals surface area (Å²) in [6.07, 6.45) is 0. The van der Waals surface area contributed by atoms with Crippen LogP contribution in [0.4, 0.5) is 4.79 Å². The van der Waals surface area contributed by atoms with E-state index >= 15 is 0 Å². The first-order valence-corrected chi connectivity index (χ1v) is 9.04. The van der Waals surface area contributed by atoms with Gasteiger partial charge in [-0.1, -0.05) is 12.1 Å². The maximum atomic E-state index is 12.5. The van der Waals surface area contributed by atoms with Crippen molar-refractivity contribution in [2.75, 3.05) is 46.6 Å². The summed E-state index contributed by atoms with van der Waals surface area (Å²) in [5.74, 6) is 0.267. The molecule has 0 saturated carbocycles. The molecule has 1 atom stereocenters. The second kappa shape index (κ2) is 8.88.